The minimum Gasteiger partial charge on any atom is -0.481 e. The van der Waals surface area contributed by atoms with Crippen molar-refractivity contribution in [2.24, 2.45) is 5.41 Å². The van der Waals surface area contributed by atoms with Crippen LogP contribution in [0.4, 0.5) is 0 Å². The van der Waals surface area contributed by atoms with Gasteiger partial charge in [0.1, 0.15) is 6.10 Å². The van der Waals surface area contributed by atoms with Crippen LogP contribution in [0, 0.1) is 5.41 Å². The first-order chi connectivity index (χ1) is 10.2. The molecule has 2 heterocycles. The fourth-order valence-corrected chi connectivity index (χ4v) is 3.29. The fourth-order valence-electron chi connectivity index (χ4n) is 3.29. The van der Waals surface area contributed by atoms with Gasteiger partial charge < -0.3 is 19.1 Å². The first-order valence-corrected chi connectivity index (χ1v) is 7.41. The lowest BCUT2D eigenvalue weighted by Crippen LogP contribution is -2.24. The number of ether oxygens (including phenoxy) is 2. The lowest BCUT2D eigenvalue weighted by atomic mass is 9.79. The molecule has 0 bridgehead atoms. The topological polar surface area (TPSA) is 94.7 Å². The van der Waals surface area contributed by atoms with Gasteiger partial charge in [0.25, 0.3) is 0 Å². The predicted octanol–water partition coefficient (Wildman–Crippen LogP) is 1.74. The van der Waals surface area contributed by atoms with Gasteiger partial charge in [-0.05, 0) is 18.3 Å². The maximum Gasteiger partial charge on any atom is 0.303 e. The monoisotopic (exact) mass is 296 g/mol. The number of aliphatic carboxylic acids is 1. The van der Waals surface area contributed by atoms with Gasteiger partial charge >= 0.3 is 5.97 Å². The molecular weight excluding hydrogens is 276 g/mol. The quantitative estimate of drug-likeness (QED) is 0.884. The lowest BCUT2D eigenvalue weighted by molar-refractivity contribution is -0.139. The van der Waals surface area contributed by atoms with Crippen molar-refractivity contribution in [2.45, 2.75) is 44.6 Å². The number of carboxylic acid groups (broad SMARTS) is 1. The van der Waals surface area contributed by atoms with Crippen LogP contribution in [0.15, 0.2) is 4.52 Å². The SMILES string of the molecule is O=C(O)CC1(Cc2nc(C3COCCO3)no2)CCCC1. The zero-order valence-electron chi connectivity index (χ0n) is 11.9. The summed E-state index contributed by atoms with van der Waals surface area (Å²) in [6, 6.07) is 0. The average molecular weight is 296 g/mol. The molecule has 2 fully saturated rings. The van der Waals surface area contributed by atoms with Crippen LogP contribution in [0.25, 0.3) is 0 Å². The number of carbonyl (C=O) groups is 1. The number of nitrogens with zero attached hydrogens (tertiary/aromatic N) is 2. The molecule has 1 N–H and O–H groups in total. The summed E-state index contributed by atoms with van der Waals surface area (Å²) in [6.45, 7) is 1.54. The molecule has 1 aliphatic carbocycles. The summed E-state index contributed by atoms with van der Waals surface area (Å²) in [6.07, 6.45) is 4.34. The minimum absolute atomic E-state index is 0.160. The number of rotatable bonds is 5. The Morgan fingerprint density at radius 3 is 2.81 bits per heavy atom. The predicted molar refractivity (Wildman–Crippen MR) is 70.7 cm³/mol. The van der Waals surface area contributed by atoms with E-state index in [1.165, 1.54) is 0 Å². The van der Waals surface area contributed by atoms with Gasteiger partial charge in [-0.15, -0.1) is 0 Å². The molecule has 0 radical (unpaired) electrons. The molecule has 3 rings (SSSR count). The van der Waals surface area contributed by atoms with E-state index in [0.717, 1.165) is 25.7 Å². The largest absolute Gasteiger partial charge is 0.481 e. The Balaban J connectivity index is 1.68. The second kappa shape index (κ2) is 6.11. The third-order valence-corrected chi connectivity index (χ3v) is 4.30. The van der Waals surface area contributed by atoms with Gasteiger partial charge in [0.15, 0.2) is 0 Å². The first-order valence-electron chi connectivity index (χ1n) is 7.41. The third-order valence-electron chi connectivity index (χ3n) is 4.30. The number of carboxylic acids is 1. The van der Waals surface area contributed by atoms with Gasteiger partial charge in [0, 0.05) is 6.42 Å². The maximum absolute atomic E-state index is 11.1. The van der Waals surface area contributed by atoms with Crippen LogP contribution < -0.4 is 0 Å². The molecule has 1 aliphatic heterocycles. The Kier molecular flexibility index (Phi) is 4.21. The summed E-state index contributed by atoms with van der Waals surface area (Å²) in [5, 5.41) is 13.1. The van der Waals surface area contributed by atoms with Crippen LogP contribution in [0.3, 0.4) is 0 Å². The van der Waals surface area contributed by atoms with Crippen LogP contribution in [-0.2, 0) is 20.7 Å². The van der Waals surface area contributed by atoms with Crippen molar-refractivity contribution in [3.8, 4) is 0 Å². The smallest absolute Gasteiger partial charge is 0.303 e. The molecule has 1 aromatic rings. The zero-order chi connectivity index (χ0) is 14.7. The molecular formula is C14H20N2O5. The molecule has 0 spiro atoms. The van der Waals surface area contributed by atoms with E-state index in [-0.39, 0.29) is 17.9 Å². The van der Waals surface area contributed by atoms with Gasteiger partial charge in [-0.2, -0.15) is 4.98 Å². The number of hydrogen-bond donors (Lipinski definition) is 1. The van der Waals surface area contributed by atoms with E-state index in [9.17, 15) is 4.79 Å². The van der Waals surface area contributed by atoms with E-state index < -0.39 is 5.97 Å². The van der Waals surface area contributed by atoms with E-state index in [1.54, 1.807) is 0 Å². The molecule has 2 aliphatic rings. The summed E-state index contributed by atoms with van der Waals surface area (Å²) < 4.78 is 16.2. The molecule has 7 heteroatoms. The molecule has 0 aromatic carbocycles. The standard InChI is InChI=1S/C14H20N2O5/c17-12(18)8-14(3-1-2-4-14)7-11-15-13(16-21-11)10-9-19-5-6-20-10/h10H,1-9H2,(H,17,18). The molecule has 21 heavy (non-hydrogen) atoms. The summed E-state index contributed by atoms with van der Waals surface area (Å²) in [4.78, 5) is 15.5. The van der Waals surface area contributed by atoms with Crippen LogP contribution in [-0.4, -0.2) is 41.0 Å². The second-order valence-electron chi connectivity index (χ2n) is 5.94. The minimum atomic E-state index is -0.763. The molecule has 0 amide bonds. The molecule has 1 saturated carbocycles. The molecule has 1 atom stereocenters. The van der Waals surface area contributed by atoms with E-state index in [4.69, 9.17) is 19.1 Å². The summed E-state index contributed by atoms with van der Waals surface area (Å²) in [5.41, 5.74) is -0.237. The van der Waals surface area contributed by atoms with Crippen molar-refractivity contribution >= 4 is 5.97 Å². The zero-order valence-corrected chi connectivity index (χ0v) is 11.9. The highest BCUT2D eigenvalue weighted by Crippen LogP contribution is 2.43. The highest BCUT2D eigenvalue weighted by molar-refractivity contribution is 5.67. The summed E-state index contributed by atoms with van der Waals surface area (Å²) in [5.74, 6) is 0.233. The summed E-state index contributed by atoms with van der Waals surface area (Å²) in [7, 11) is 0. The van der Waals surface area contributed by atoms with Gasteiger partial charge in [-0.1, -0.05) is 18.0 Å². The van der Waals surface area contributed by atoms with Gasteiger partial charge in [0.2, 0.25) is 11.7 Å². The highest BCUT2D eigenvalue weighted by atomic mass is 16.6. The van der Waals surface area contributed by atoms with Crippen molar-refractivity contribution < 1.29 is 23.9 Å². The molecule has 116 valence electrons. The Morgan fingerprint density at radius 1 is 1.33 bits per heavy atom. The Bertz CT molecular complexity index is 489. The first kappa shape index (κ1) is 14.5. The fraction of sp³-hybridized carbons (Fsp3) is 0.786. The van der Waals surface area contributed by atoms with Crippen LogP contribution in [0.1, 0.15) is 49.9 Å². The van der Waals surface area contributed by atoms with Gasteiger partial charge in [0.05, 0.1) is 26.2 Å². The Hall–Kier alpha value is -1.47. The second-order valence-corrected chi connectivity index (χ2v) is 5.94. The van der Waals surface area contributed by atoms with E-state index in [2.05, 4.69) is 10.1 Å². The van der Waals surface area contributed by atoms with Crippen LogP contribution in [0.2, 0.25) is 0 Å². The van der Waals surface area contributed by atoms with Crippen LogP contribution in [0.5, 0.6) is 0 Å². The molecule has 1 saturated heterocycles. The average Bonchev–Trinajstić information content (AvgIpc) is 3.09. The maximum atomic E-state index is 11.1. The Labute approximate surface area is 122 Å². The Morgan fingerprint density at radius 2 is 2.14 bits per heavy atom. The van der Waals surface area contributed by atoms with Crippen molar-refractivity contribution in [1.29, 1.82) is 0 Å². The lowest BCUT2D eigenvalue weighted by Gasteiger charge is -2.24. The third kappa shape index (κ3) is 3.41. The number of aromatic nitrogens is 2. The van der Waals surface area contributed by atoms with E-state index >= 15 is 0 Å². The summed E-state index contributed by atoms with van der Waals surface area (Å²) >= 11 is 0. The van der Waals surface area contributed by atoms with Gasteiger partial charge in [-0.3, -0.25) is 4.79 Å². The molecule has 1 aromatic heterocycles. The molecule has 7 nitrogen and oxygen atoms in total. The van der Waals surface area contributed by atoms with Crippen molar-refractivity contribution in [3.63, 3.8) is 0 Å². The van der Waals surface area contributed by atoms with Crippen molar-refractivity contribution in [2.75, 3.05) is 19.8 Å². The van der Waals surface area contributed by atoms with E-state index in [1.807, 2.05) is 0 Å². The van der Waals surface area contributed by atoms with E-state index in [0.29, 0.717) is 38.0 Å². The van der Waals surface area contributed by atoms with Gasteiger partial charge in [-0.25, -0.2) is 0 Å². The highest BCUT2D eigenvalue weighted by Gasteiger charge is 2.38. The molecule has 1 unspecified atom stereocenters. The van der Waals surface area contributed by atoms with Crippen molar-refractivity contribution in [3.05, 3.63) is 11.7 Å². The van der Waals surface area contributed by atoms with Crippen molar-refractivity contribution in [1.82, 2.24) is 10.1 Å². The van der Waals surface area contributed by atoms with Crippen LogP contribution >= 0.6 is 0 Å². The normalized spacial score (nSPS) is 25.0. The number of hydrogen-bond acceptors (Lipinski definition) is 6.